The lowest BCUT2D eigenvalue weighted by Gasteiger charge is -2.32. The number of imidazole rings is 1. The van der Waals surface area contributed by atoms with Gasteiger partial charge in [0.25, 0.3) is 0 Å². The first kappa shape index (κ1) is 17.9. The van der Waals surface area contributed by atoms with Gasteiger partial charge in [-0.15, -0.1) is 0 Å². The van der Waals surface area contributed by atoms with E-state index >= 15 is 0 Å². The summed E-state index contributed by atoms with van der Waals surface area (Å²) in [6.45, 7) is 3.37. The number of aromatic nitrogens is 2. The largest absolute Gasteiger partial charge is 0.342 e. The van der Waals surface area contributed by atoms with E-state index in [1.165, 1.54) is 0 Å². The Bertz CT molecular complexity index is 875. The lowest BCUT2D eigenvalue weighted by Crippen LogP contribution is -2.39. The molecule has 1 aromatic heterocycles. The predicted molar refractivity (Wildman–Crippen MR) is 96.6 cm³/mol. The van der Waals surface area contributed by atoms with Crippen molar-refractivity contribution in [3.05, 3.63) is 29.6 Å². The van der Waals surface area contributed by atoms with Gasteiger partial charge in [0.2, 0.25) is 15.9 Å². The second kappa shape index (κ2) is 7.13. The van der Waals surface area contributed by atoms with Crippen molar-refractivity contribution in [1.29, 1.82) is 0 Å². The van der Waals surface area contributed by atoms with Crippen LogP contribution >= 0.6 is 0 Å². The molecular formula is C17H24N4O3S. The molecule has 1 aromatic carbocycles. The molecule has 7 nitrogen and oxygen atoms in total. The van der Waals surface area contributed by atoms with Crippen LogP contribution in [0.25, 0.3) is 11.0 Å². The highest BCUT2D eigenvalue weighted by Gasteiger charge is 2.26. The van der Waals surface area contributed by atoms with Gasteiger partial charge in [-0.3, -0.25) is 4.79 Å². The van der Waals surface area contributed by atoms with Crippen LogP contribution in [0, 0.1) is 6.92 Å². The molecule has 0 bridgehead atoms. The molecule has 0 spiro atoms. The molecule has 2 aromatic rings. The van der Waals surface area contributed by atoms with Crippen molar-refractivity contribution in [3.63, 3.8) is 0 Å². The van der Waals surface area contributed by atoms with Gasteiger partial charge in [-0.2, -0.15) is 0 Å². The summed E-state index contributed by atoms with van der Waals surface area (Å²) in [5.41, 5.74) is 3.13. The number of H-pyrrole nitrogens is 1. The van der Waals surface area contributed by atoms with E-state index in [2.05, 4.69) is 4.98 Å². The van der Waals surface area contributed by atoms with E-state index in [0.29, 0.717) is 13.1 Å². The summed E-state index contributed by atoms with van der Waals surface area (Å²) in [6, 6.07) is 6.05. The van der Waals surface area contributed by atoms with Gasteiger partial charge in [0.05, 0.1) is 16.8 Å². The van der Waals surface area contributed by atoms with Crippen LogP contribution in [0.3, 0.4) is 0 Å². The van der Waals surface area contributed by atoms with Crippen molar-refractivity contribution in [1.82, 2.24) is 14.9 Å². The van der Waals surface area contributed by atoms with Crippen molar-refractivity contribution < 1.29 is 13.2 Å². The van der Waals surface area contributed by atoms with Gasteiger partial charge in [0.1, 0.15) is 5.82 Å². The SMILES string of the molecule is Cc1cccc2[nH]c([C@H]3CCCN(C(=O)CCCS(N)(=O)=O)C3)nc12. The minimum absolute atomic E-state index is 0.0133. The number of hydrogen-bond donors (Lipinski definition) is 2. The first-order valence-corrected chi connectivity index (χ1v) is 10.3. The van der Waals surface area contributed by atoms with Crippen LogP contribution in [-0.2, 0) is 14.8 Å². The smallest absolute Gasteiger partial charge is 0.222 e. The number of rotatable bonds is 5. The fraction of sp³-hybridized carbons (Fsp3) is 0.529. The van der Waals surface area contributed by atoms with Gasteiger partial charge in [0.15, 0.2) is 0 Å². The zero-order valence-corrected chi connectivity index (χ0v) is 15.2. The maximum atomic E-state index is 12.3. The number of likely N-dealkylation sites (tertiary alicyclic amines) is 1. The van der Waals surface area contributed by atoms with E-state index in [4.69, 9.17) is 10.1 Å². The molecule has 1 saturated heterocycles. The quantitative estimate of drug-likeness (QED) is 0.840. The monoisotopic (exact) mass is 364 g/mol. The molecule has 0 unspecified atom stereocenters. The van der Waals surface area contributed by atoms with Crippen LogP contribution in [0.15, 0.2) is 18.2 Å². The summed E-state index contributed by atoms with van der Waals surface area (Å²) in [6.07, 6.45) is 2.38. The number of nitrogens with zero attached hydrogens (tertiary/aromatic N) is 2. The summed E-state index contributed by atoms with van der Waals surface area (Å²) in [5, 5.41) is 4.98. The fourth-order valence-corrected chi connectivity index (χ4v) is 3.94. The minimum atomic E-state index is -3.51. The van der Waals surface area contributed by atoms with Gasteiger partial charge in [-0.25, -0.2) is 18.5 Å². The van der Waals surface area contributed by atoms with E-state index < -0.39 is 10.0 Å². The molecule has 3 N–H and O–H groups in total. The number of nitrogens with two attached hydrogens (primary N) is 1. The third-order valence-electron chi connectivity index (χ3n) is 4.71. The Morgan fingerprint density at radius 1 is 1.44 bits per heavy atom. The lowest BCUT2D eigenvalue weighted by atomic mass is 9.97. The third kappa shape index (κ3) is 4.38. The maximum absolute atomic E-state index is 12.3. The number of aryl methyl sites for hydroxylation is 1. The summed E-state index contributed by atoms with van der Waals surface area (Å²) >= 11 is 0. The maximum Gasteiger partial charge on any atom is 0.222 e. The molecule has 1 atom stereocenters. The standard InChI is InChI=1S/C17H24N4O3S/c1-12-5-2-7-14-16(12)20-17(19-14)13-6-3-9-21(11-13)15(22)8-4-10-25(18,23)24/h2,5,7,13H,3-4,6,8-11H2,1H3,(H,19,20)(H2,18,23,24)/t13-/m0/s1. The predicted octanol–water partition coefficient (Wildman–Crippen LogP) is 1.65. The number of carbonyl (C=O) groups is 1. The van der Waals surface area contributed by atoms with Crippen LogP contribution in [0.5, 0.6) is 0 Å². The molecule has 1 aliphatic rings. The van der Waals surface area contributed by atoms with Crippen LogP contribution in [0.2, 0.25) is 0 Å². The number of fused-ring (bicyclic) bond motifs is 1. The van der Waals surface area contributed by atoms with E-state index in [-0.39, 0.29) is 30.4 Å². The second-order valence-electron chi connectivity index (χ2n) is 6.74. The average Bonchev–Trinajstić information content (AvgIpc) is 2.99. The Kier molecular flexibility index (Phi) is 5.10. The molecule has 25 heavy (non-hydrogen) atoms. The van der Waals surface area contributed by atoms with Gasteiger partial charge in [-0.1, -0.05) is 12.1 Å². The number of primary sulfonamides is 1. The number of nitrogens with one attached hydrogen (secondary N) is 1. The Morgan fingerprint density at radius 3 is 2.96 bits per heavy atom. The van der Waals surface area contributed by atoms with Crippen LogP contribution in [0.1, 0.15) is 43.0 Å². The normalized spacial score (nSPS) is 18.6. The molecule has 136 valence electrons. The molecule has 1 fully saturated rings. The lowest BCUT2D eigenvalue weighted by molar-refractivity contribution is -0.132. The van der Waals surface area contributed by atoms with Gasteiger partial charge >= 0.3 is 0 Å². The van der Waals surface area contributed by atoms with Crippen molar-refractivity contribution in [2.75, 3.05) is 18.8 Å². The van der Waals surface area contributed by atoms with Gasteiger partial charge < -0.3 is 9.88 Å². The number of piperidine rings is 1. The molecule has 3 rings (SSSR count). The van der Waals surface area contributed by atoms with Crippen molar-refractivity contribution >= 4 is 27.0 Å². The summed E-state index contributed by atoms with van der Waals surface area (Å²) < 4.78 is 22.0. The topological polar surface area (TPSA) is 109 Å². The van der Waals surface area contributed by atoms with Gasteiger partial charge in [0, 0.05) is 25.4 Å². The number of hydrogen-bond acceptors (Lipinski definition) is 4. The zero-order valence-electron chi connectivity index (χ0n) is 14.4. The molecule has 8 heteroatoms. The van der Waals surface area contributed by atoms with Crippen molar-refractivity contribution in [2.24, 2.45) is 5.14 Å². The second-order valence-corrected chi connectivity index (χ2v) is 8.48. The number of sulfonamides is 1. The average molecular weight is 364 g/mol. The molecule has 2 heterocycles. The Hall–Kier alpha value is -1.93. The number of amides is 1. The molecular weight excluding hydrogens is 340 g/mol. The summed E-state index contributed by atoms with van der Waals surface area (Å²) in [5.74, 6) is 0.938. The van der Waals surface area contributed by atoms with Crippen LogP contribution in [0.4, 0.5) is 0 Å². The highest BCUT2D eigenvalue weighted by Crippen LogP contribution is 2.28. The molecule has 0 aliphatic carbocycles. The summed E-state index contributed by atoms with van der Waals surface area (Å²) in [4.78, 5) is 22.3. The highest BCUT2D eigenvalue weighted by molar-refractivity contribution is 7.89. The number of aromatic amines is 1. The zero-order chi connectivity index (χ0) is 18.0. The number of benzene rings is 1. The van der Waals surface area contributed by atoms with E-state index in [1.807, 2.05) is 30.0 Å². The molecule has 1 aliphatic heterocycles. The Labute approximate surface area is 147 Å². The Balaban J connectivity index is 1.66. The first-order chi connectivity index (χ1) is 11.8. The summed E-state index contributed by atoms with van der Waals surface area (Å²) in [7, 11) is -3.51. The van der Waals surface area contributed by atoms with Crippen molar-refractivity contribution in [2.45, 2.75) is 38.5 Å². The van der Waals surface area contributed by atoms with E-state index in [0.717, 1.165) is 35.3 Å². The molecule has 0 saturated carbocycles. The fourth-order valence-electron chi connectivity index (χ4n) is 3.40. The van der Waals surface area contributed by atoms with E-state index in [9.17, 15) is 13.2 Å². The Morgan fingerprint density at radius 2 is 2.24 bits per heavy atom. The first-order valence-electron chi connectivity index (χ1n) is 8.57. The highest BCUT2D eigenvalue weighted by atomic mass is 32.2. The van der Waals surface area contributed by atoms with Crippen molar-refractivity contribution in [3.8, 4) is 0 Å². The number of carbonyl (C=O) groups excluding carboxylic acids is 1. The molecule has 0 radical (unpaired) electrons. The molecule has 1 amide bonds. The number of para-hydroxylation sites is 1. The van der Waals surface area contributed by atoms with Crippen LogP contribution < -0.4 is 5.14 Å². The van der Waals surface area contributed by atoms with Gasteiger partial charge in [-0.05, 0) is 37.8 Å². The third-order valence-corrected chi connectivity index (χ3v) is 5.57. The van der Waals surface area contributed by atoms with Crippen LogP contribution in [-0.4, -0.2) is 48.0 Å². The van der Waals surface area contributed by atoms with E-state index in [1.54, 1.807) is 0 Å². The minimum Gasteiger partial charge on any atom is -0.342 e.